The van der Waals surface area contributed by atoms with Gasteiger partial charge < -0.3 is 14.7 Å². The molecular weight excluding hydrogens is 334 g/mol. The number of methoxy groups -OCH3 is 1. The van der Waals surface area contributed by atoms with Crippen molar-refractivity contribution in [2.24, 2.45) is 0 Å². The van der Waals surface area contributed by atoms with Gasteiger partial charge in [0, 0.05) is 47.2 Å². The highest BCUT2D eigenvalue weighted by molar-refractivity contribution is 5.95. The number of nitro benzene ring substituents is 1. The minimum Gasteiger partial charge on any atom is -0.465 e. The van der Waals surface area contributed by atoms with E-state index in [1.165, 1.54) is 19.2 Å². The number of hydrogen-bond donors (Lipinski definition) is 2. The molecule has 0 amide bonds. The lowest BCUT2D eigenvalue weighted by atomic mass is 10.0. The van der Waals surface area contributed by atoms with Gasteiger partial charge >= 0.3 is 5.97 Å². The number of esters is 1. The van der Waals surface area contributed by atoms with Gasteiger partial charge in [0.25, 0.3) is 5.69 Å². The van der Waals surface area contributed by atoms with Gasteiger partial charge in [0.05, 0.1) is 23.1 Å². The molecule has 0 saturated heterocycles. The third-order valence-corrected chi connectivity index (χ3v) is 4.53. The molecule has 0 unspecified atom stereocenters. The third-order valence-electron chi connectivity index (χ3n) is 4.53. The van der Waals surface area contributed by atoms with E-state index >= 15 is 0 Å². The van der Waals surface area contributed by atoms with Crippen LogP contribution in [-0.4, -0.2) is 28.0 Å². The van der Waals surface area contributed by atoms with Gasteiger partial charge in [-0.25, -0.2) is 4.79 Å². The Morgan fingerprint density at radius 3 is 2.27 bits per heavy atom. The number of nitrogens with zero attached hydrogens (tertiary/aromatic N) is 1. The SMILES string of the molecule is COC(=O)c1ccc2c(Cc3c[nH]c4cc([N+](=O)[O-])ccc34)c[nH]c2c1. The number of nitro groups is 1. The largest absolute Gasteiger partial charge is 0.465 e. The van der Waals surface area contributed by atoms with Crippen molar-refractivity contribution in [1.82, 2.24) is 9.97 Å². The molecule has 0 aliphatic rings. The molecule has 0 fully saturated rings. The first-order chi connectivity index (χ1) is 12.6. The molecular formula is C19H15N3O4. The fourth-order valence-electron chi connectivity index (χ4n) is 3.22. The molecule has 0 bridgehead atoms. The van der Waals surface area contributed by atoms with Crippen LogP contribution in [0.2, 0.25) is 0 Å². The lowest BCUT2D eigenvalue weighted by Crippen LogP contribution is -2.00. The number of ether oxygens (including phenoxy) is 1. The van der Waals surface area contributed by atoms with Crippen LogP contribution in [-0.2, 0) is 11.2 Å². The maximum Gasteiger partial charge on any atom is 0.337 e. The highest BCUT2D eigenvalue weighted by Crippen LogP contribution is 2.28. The van der Waals surface area contributed by atoms with Gasteiger partial charge in [-0.05, 0) is 29.3 Å². The molecule has 0 saturated carbocycles. The van der Waals surface area contributed by atoms with Crippen LogP contribution in [0, 0.1) is 10.1 Å². The average Bonchev–Trinajstić information content (AvgIpc) is 3.24. The molecule has 0 spiro atoms. The number of carbonyl (C=O) groups is 1. The van der Waals surface area contributed by atoms with Crippen molar-refractivity contribution in [2.45, 2.75) is 6.42 Å². The van der Waals surface area contributed by atoms with Gasteiger partial charge in [-0.2, -0.15) is 0 Å². The minimum atomic E-state index is -0.404. The van der Waals surface area contributed by atoms with Gasteiger partial charge in [0.2, 0.25) is 0 Å². The van der Waals surface area contributed by atoms with Gasteiger partial charge in [0.1, 0.15) is 0 Å². The normalized spacial score (nSPS) is 11.1. The summed E-state index contributed by atoms with van der Waals surface area (Å²) in [6.45, 7) is 0. The summed E-state index contributed by atoms with van der Waals surface area (Å²) in [7, 11) is 1.36. The number of nitrogens with one attached hydrogen (secondary N) is 2. The van der Waals surface area contributed by atoms with E-state index < -0.39 is 4.92 Å². The van der Waals surface area contributed by atoms with Crippen LogP contribution in [0.5, 0.6) is 0 Å². The molecule has 0 aliphatic carbocycles. The monoisotopic (exact) mass is 349 g/mol. The summed E-state index contributed by atoms with van der Waals surface area (Å²) in [5.74, 6) is -0.374. The second-order valence-corrected chi connectivity index (χ2v) is 6.04. The Bertz CT molecular complexity index is 1160. The van der Waals surface area contributed by atoms with Crippen molar-refractivity contribution >= 4 is 33.5 Å². The third kappa shape index (κ3) is 2.59. The number of rotatable bonds is 4. The number of hydrogen-bond acceptors (Lipinski definition) is 4. The van der Waals surface area contributed by atoms with E-state index in [1.54, 1.807) is 18.2 Å². The van der Waals surface area contributed by atoms with E-state index in [4.69, 9.17) is 4.74 Å². The zero-order valence-electron chi connectivity index (χ0n) is 13.9. The van der Waals surface area contributed by atoms with Crippen LogP contribution in [0.25, 0.3) is 21.8 Å². The molecule has 26 heavy (non-hydrogen) atoms. The van der Waals surface area contributed by atoms with Crippen LogP contribution in [0.4, 0.5) is 5.69 Å². The first-order valence-corrected chi connectivity index (χ1v) is 7.99. The Balaban J connectivity index is 1.70. The smallest absolute Gasteiger partial charge is 0.337 e. The number of aromatic nitrogens is 2. The average molecular weight is 349 g/mol. The molecule has 2 aromatic carbocycles. The van der Waals surface area contributed by atoms with Gasteiger partial charge in [0.15, 0.2) is 0 Å². The number of aromatic amines is 2. The second kappa shape index (κ2) is 6.03. The van der Waals surface area contributed by atoms with Crippen LogP contribution in [0.1, 0.15) is 21.5 Å². The summed E-state index contributed by atoms with van der Waals surface area (Å²) >= 11 is 0. The van der Waals surface area contributed by atoms with Gasteiger partial charge in [-0.3, -0.25) is 10.1 Å². The van der Waals surface area contributed by atoms with Crippen LogP contribution in [0.3, 0.4) is 0 Å². The molecule has 0 aliphatic heterocycles. The lowest BCUT2D eigenvalue weighted by molar-refractivity contribution is -0.384. The van der Waals surface area contributed by atoms with E-state index in [0.717, 1.165) is 32.9 Å². The fraction of sp³-hybridized carbons (Fsp3) is 0.105. The molecule has 2 N–H and O–H groups in total. The Morgan fingerprint density at radius 1 is 1.04 bits per heavy atom. The summed E-state index contributed by atoms with van der Waals surface area (Å²) in [6, 6.07) is 10.2. The fourth-order valence-corrected chi connectivity index (χ4v) is 3.22. The highest BCUT2D eigenvalue weighted by Gasteiger charge is 2.13. The number of carbonyl (C=O) groups excluding carboxylic acids is 1. The summed E-state index contributed by atoms with van der Waals surface area (Å²) < 4.78 is 4.75. The molecule has 0 atom stereocenters. The van der Waals surface area contributed by atoms with Crippen molar-refractivity contribution < 1.29 is 14.5 Å². The number of H-pyrrole nitrogens is 2. The van der Waals surface area contributed by atoms with Gasteiger partial charge in [-0.1, -0.05) is 6.07 Å². The Hall–Kier alpha value is -3.61. The molecule has 7 nitrogen and oxygen atoms in total. The predicted octanol–water partition coefficient (Wildman–Crippen LogP) is 3.93. The maximum atomic E-state index is 11.7. The second-order valence-electron chi connectivity index (χ2n) is 6.04. The predicted molar refractivity (Wildman–Crippen MR) is 97.4 cm³/mol. The highest BCUT2D eigenvalue weighted by atomic mass is 16.6. The summed E-state index contributed by atoms with van der Waals surface area (Å²) in [4.78, 5) is 28.4. The topological polar surface area (TPSA) is 101 Å². The number of non-ortho nitro benzene ring substituents is 1. The van der Waals surface area contributed by atoms with Crippen molar-refractivity contribution in [3.63, 3.8) is 0 Å². The Kier molecular flexibility index (Phi) is 3.69. The van der Waals surface area contributed by atoms with Crippen molar-refractivity contribution in [1.29, 1.82) is 0 Å². The number of benzene rings is 2. The first kappa shape index (κ1) is 15.9. The zero-order chi connectivity index (χ0) is 18.3. The van der Waals surface area contributed by atoms with E-state index in [-0.39, 0.29) is 11.7 Å². The number of fused-ring (bicyclic) bond motifs is 2. The van der Waals surface area contributed by atoms with Crippen LogP contribution < -0.4 is 0 Å². The quantitative estimate of drug-likeness (QED) is 0.331. The van der Waals surface area contributed by atoms with E-state index in [2.05, 4.69) is 9.97 Å². The molecule has 2 aromatic heterocycles. The molecule has 4 rings (SSSR count). The summed E-state index contributed by atoms with van der Waals surface area (Å²) in [6.07, 6.45) is 4.45. The van der Waals surface area contributed by atoms with Crippen LogP contribution >= 0.6 is 0 Å². The van der Waals surface area contributed by atoms with Gasteiger partial charge in [-0.15, -0.1) is 0 Å². The van der Waals surface area contributed by atoms with Crippen molar-refractivity contribution in [3.05, 3.63) is 75.6 Å². The molecule has 130 valence electrons. The molecule has 2 heterocycles. The first-order valence-electron chi connectivity index (χ1n) is 7.99. The standard InChI is InChI=1S/C19H15N3O4/c1-26-19(23)11-2-4-15-12(9-20-17(15)7-11)6-13-10-21-18-8-14(22(24)25)3-5-16(13)18/h2-5,7-10,20-21H,6H2,1H3. The van der Waals surface area contributed by atoms with E-state index in [9.17, 15) is 14.9 Å². The molecule has 7 heteroatoms. The minimum absolute atomic E-state index is 0.0633. The molecule has 0 radical (unpaired) electrons. The molecule has 4 aromatic rings. The van der Waals surface area contributed by atoms with Crippen LogP contribution in [0.15, 0.2) is 48.8 Å². The van der Waals surface area contributed by atoms with E-state index in [0.29, 0.717) is 12.0 Å². The summed E-state index contributed by atoms with van der Waals surface area (Å²) in [5, 5.41) is 12.9. The summed E-state index contributed by atoms with van der Waals surface area (Å²) in [5.41, 5.74) is 4.28. The van der Waals surface area contributed by atoms with Crippen molar-refractivity contribution in [2.75, 3.05) is 7.11 Å². The Labute approximate surface area is 147 Å². The maximum absolute atomic E-state index is 11.7. The van der Waals surface area contributed by atoms with E-state index in [1.807, 2.05) is 18.5 Å². The zero-order valence-corrected chi connectivity index (χ0v) is 13.9. The van der Waals surface area contributed by atoms with Crippen molar-refractivity contribution in [3.8, 4) is 0 Å². The lowest BCUT2D eigenvalue weighted by Gasteiger charge is -2.01. The Morgan fingerprint density at radius 2 is 1.65 bits per heavy atom.